The van der Waals surface area contributed by atoms with Crippen molar-refractivity contribution in [3.63, 3.8) is 0 Å². The Hall–Kier alpha value is -0.853. The molecular weight excluding hydrogens is 127 g/mol. The van der Waals surface area contributed by atoms with Crippen LogP contribution < -0.4 is 0 Å². The quantitative estimate of drug-likeness (QED) is 0.524. The van der Waals surface area contributed by atoms with E-state index in [1.54, 1.807) is 0 Å². The predicted octanol–water partition coefficient (Wildman–Crippen LogP) is -0.474. The summed E-state index contributed by atoms with van der Waals surface area (Å²) in [6.07, 6.45) is 1.42. The van der Waals surface area contributed by atoms with Crippen molar-refractivity contribution in [2.45, 2.75) is 0 Å². The molecule has 0 amide bonds. The van der Waals surface area contributed by atoms with Gasteiger partial charge in [-0.15, -0.1) is 5.10 Å². The molecule has 0 atom stereocenters. The van der Waals surface area contributed by atoms with Crippen molar-refractivity contribution in [1.29, 1.82) is 0 Å². The molecule has 1 aromatic heterocycles. The van der Waals surface area contributed by atoms with Gasteiger partial charge in [-0.1, -0.05) is 0 Å². The van der Waals surface area contributed by atoms with Crippen molar-refractivity contribution in [3.8, 4) is 0 Å². The fourth-order valence-electron chi connectivity index (χ4n) is 0.416. The third-order valence-electron chi connectivity index (χ3n) is 0.791. The van der Waals surface area contributed by atoms with Crippen LogP contribution in [0.3, 0.4) is 0 Å². The fourth-order valence-corrected chi connectivity index (χ4v) is 0.416. The molecule has 1 heterocycles. The number of aromatic nitrogens is 2. The Morgan fingerprint density at radius 1 is 1.60 bits per heavy atom. The third-order valence-corrected chi connectivity index (χ3v) is 0.791. The number of rotatable bonds is 1. The molecule has 0 aliphatic carbocycles. The van der Waals surface area contributed by atoms with Crippen LogP contribution in [-0.4, -0.2) is 40.1 Å². The van der Waals surface area contributed by atoms with Gasteiger partial charge in [-0.2, -0.15) is 5.10 Å². The minimum absolute atomic E-state index is 0. The molecule has 0 aliphatic rings. The molecule has 0 aliphatic heterocycles. The molecule has 0 aromatic carbocycles. The normalized spacial score (nSPS) is 8.00. The van der Waals surface area contributed by atoms with E-state index < -0.39 is 5.97 Å². The van der Waals surface area contributed by atoms with E-state index in [2.05, 4.69) is 10.2 Å². The summed E-state index contributed by atoms with van der Waals surface area (Å²) in [5, 5.41) is 15.0. The number of aromatic carboxylic acids is 1. The zero-order valence-corrected chi connectivity index (χ0v) is 4.48. The summed E-state index contributed by atoms with van der Waals surface area (Å²) in [6.45, 7) is 0. The molecule has 10 heavy (non-hydrogen) atoms. The average Bonchev–Trinajstić information content (AvgIpc) is 1.90. The van der Waals surface area contributed by atoms with Crippen LogP contribution in [0.2, 0.25) is 0 Å². The summed E-state index contributed by atoms with van der Waals surface area (Å²) < 4.78 is 0. The van der Waals surface area contributed by atoms with E-state index in [4.69, 9.17) is 5.11 Å². The van der Waals surface area contributed by atoms with Gasteiger partial charge in [0.1, 0.15) is 0 Å². The second-order valence-electron chi connectivity index (χ2n) is 1.41. The number of carboxylic acid groups (broad SMARTS) is 1. The minimum atomic E-state index is -1.05. The molecule has 0 spiro atoms. The van der Waals surface area contributed by atoms with Crippen LogP contribution in [-0.2, 0) is 0 Å². The van der Waals surface area contributed by atoms with E-state index in [1.807, 2.05) is 0 Å². The molecule has 4 nitrogen and oxygen atoms in total. The third kappa shape index (κ3) is 2.17. The molecule has 48 valence electrons. The molecule has 1 N–H and O–H groups in total. The Morgan fingerprint density at radius 3 is 2.60 bits per heavy atom. The van der Waals surface area contributed by atoms with Crippen LogP contribution in [0.5, 0.6) is 0 Å². The first-order valence-corrected chi connectivity index (χ1v) is 2.31. The van der Waals surface area contributed by atoms with Crippen molar-refractivity contribution in [3.05, 3.63) is 24.0 Å². The summed E-state index contributed by atoms with van der Waals surface area (Å²) in [5.41, 5.74) is -0.0301. The van der Waals surface area contributed by atoms with Gasteiger partial charge in [0.15, 0.2) is 5.69 Å². The summed E-state index contributed by atoms with van der Waals surface area (Å²) in [7, 11) is 0. The fraction of sp³-hybridized carbons (Fsp3) is 0. The van der Waals surface area contributed by atoms with Crippen molar-refractivity contribution in [2.24, 2.45) is 0 Å². The topological polar surface area (TPSA) is 63.1 Å². The molecule has 0 saturated carbocycles. The van der Waals surface area contributed by atoms with Crippen LogP contribution in [0.15, 0.2) is 18.3 Å². The van der Waals surface area contributed by atoms with Crippen LogP contribution >= 0.6 is 0 Å². The molecule has 0 unspecified atom stereocenters. The SMILES string of the molecule is O=C(O)c1cccnn1.[LiH]. The molecule has 5 heteroatoms. The van der Waals surface area contributed by atoms with Gasteiger partial charge in [-0.3, -0.25) is 0 Å². The van der Waals surface area contributed by atoms with E-state index in [-0.39, 0.29) is 24.6 Å². The van der Waals surface area contributed by atoms with Gasteiger partial charge in [-0.25, -0.2) is 4.79 Å². The van der Waals surface area contributed by atoms with E-state index >= 15 is 0 Å². The van der Waals surface area contributed by atoms with Gasteiger partial charge in [0.05, 0.1) is 0 Å². The Balaban J connectivity index is 0.000000810. The summed E-state index contributed by atoms with van der Waals surface area (Å²) in [5.74, 6) is -1.05. The Labute approximate surface area is 69.5 Å². The molecule has 1 aromatic rings. The first kappa shape index (κ1) is 9.15. The number of nitrogens with zero attached hydrogens (tertiary/aromatic N) is 2. The number of carbonyl (C=O) groups is 1. The van der Waals surface area contributed by atoms with Gasteiger partial charge in [-0.05, 0) is 12.1 Å². The van der Waals surface area contributed by atoms with E-state index in [9.17, 15) is 4.79 Å². The second kappa shape index (κ2) is 4.04. The van der Waals surface area contributed by atoms with Crippen molar-refractivity contribution >= 4 is 24.8 Å². The molecule has 0 bridgehead atoms. The van der Waals surface area contributed by atoms with Crippen LogP contribution in [0.25, 0.3) is 0 Å². The van der Waals surface area contributed by atoms with Crippen molar-refractivity contribution in [1.82, 2.24) is 10.2 Å². The first-order valence-electron chi connectivity index (χ1n) is 2.31. The molecule has 0 saturated heterocycles. The average molecular weight is 132 g/mol. The summed E-state index contributed by atoms with van der Waals surface area (Å²) in [4.78, 5) is 10.1. The first-order chi connectivity index (χ1) is 4.30. The number of hydrogen-bond donors (Lipinski definition) is 1. The van der Waals surface area contributed by atoms with Gasteiger partial charge in [0.2, 0.25) is 0 Å². The van der Waals surface area contributed by atoms with Crippen LogP contribution in [0, 0.1) is 0 Å². The van der Waals surface area contributed by atoms with Crippen molar-refractivity contribution < 1.29 is 9.90 Å². The number of carboxylic acids is 1. The standard InChI is InChI=1S/C5H4N2O2.Li.H/c8-5(9)4-2-1-3-6-7-4;;/h1-3H,(H,8,9);;. The second-order valence-corrected chi connectivity index (χ2v) is 1.41. The van der Waals surface area contributed by atoms with Gasteiger partial charge < -0.3 is 5.11 Å². The molecular formula is C5H5LiN2O2. The monoisotopic (exact) mass is 132 g/mol. The molecule has 1 rings (SSSR count). The molecule has 0 fully saturated rings. The van der Waals surface area contributed by atoms with Gasteiger partial charge >= 0.3 is 24.8 Å². The van der Waals surface area contributed by atoms with Gasteiger partial charge in [0, 0.05) is 6.20 Å². The summed E-state index contributed by atoms with van der Waals surface area (Å²) >= 11 is 0. The van der Waals surface area contributed by atoms with Crippen LogP contribution in [0.4, 0.5) is 0 Å². The van der Waals surface area contributed by atoms with E-state index in [0.717, 1.165) is 0 Å². The zero-order chi connectivity index (χ0) is 6.69. The zero-order valence-electron chi connectivity index (χ0n) is 4.48. The van der Waals surface area contributed by atoms with Crippen LogP contribution in [0.1, 0.15) is 10.5 Å². The van der Waals surface area contributed by atoms with Crippen molar-refractivity contribution in [2.75, 3.05) is 0 Å². The summed E-state index contributed by atoms with van der Waals surface area (Å²) in [6, 6.07) is 2.91. The maximum absolute atomic E-state index is 10.1. The Morgan fingerprint density at radius 2 is 2.30 bits per heavy atom. The Bertz CT molecular complexity index is 214. The number of hydrogen-bond acceptors (Lipinski definition) is 3. The Kier molecular flexibility index (Phi) is 3.70. The van der Waals surface area contributed by atoms with Gasteiger partial charge in [0.25, 0.3) is 0 Å². The van der Waals surface area contributed by atoms with E-state index in [1.165, 1.54) is 18.3 Å². The predicted molar refractivity (Wildman–Crippen MR) is 36.1 cm³/mol. The van der Waals surface area contributed by atoms with E-state index in [0.29, 0.717) is 0 Å². The molecule has 0 radical (unpaired) electrons. The maximum atomic E-state index is 10.1.